The SMILES string of the molecule is CCCCCCC(CC(=O)OC)CC(CC(=O)OC)C(C(=O)O)C(CC(=O)OC)(C(=O)O)C(C(=O)O)(C(=O)O)C(=O)O. The molecule has 0 bridgehead atoms. The van der Waals surface area contributed by atoms with Crippen LogP contribution in [0.15, 0.2) is 0 Å². The lowest BCUT2D eigenvalue weighted by atomic mass is 9.51. The molecule has 0 aromatic rings. The molecule has 0 amide bonds. The highest BCUT2D eigenvalue weighted by Gasteiger charge is 2.77. The van der Waals surface area contributed by atoms with Crippen molar-refractivity contribution in [3.05, 3.63) is 0 Å². The Morgan fingerprint density at radius 3 is 1.50 bits per heavy atom. The van der Waals surface area contributed by atoms with E-state index in [0.29, 0.717) is 20.0 Å². The van der Waals surface area contributed by atoms with Crippen molar-refractivity contribution in [1.29, 1.82) is 0 Å². The van der Waals surface area contributed by atoms with Crippen molar-refractivity contribution in [1.82, 2.24) is 0 Å². The maximum absolute atomic E-state index is 12.9. The van der Waals surface area contributed by atoms with E-state index < -0.39 is 95.6 Å². The fourth-order valence-electron chi connectivity index (χ4n) is 5.35. The number of carboxylic acid groups (broad SMARTS) is 5. The fraction of sp³-hybridized carbons (Fsp3) is 0.692. The van der Waals surface area contributed by atoms with Crippen LogP contribution in [0, 0.1) is 28.6 Å². The van der Waals surface area contributed by atoms with Crippen LogP contribution in [0.2, 0.25) is 0 Å². The van der Waals surface area contributed by atoms with E-state index >= 15 is 0 Å². The number of carbonyl (C=O) groups excluding carboxylic acids is 3. The first-order chi connectivity index (χ1) is 19.5. The van der Waals surface area contributed by atoms with Gasteiger partial charge in [0.1, 0.15) is 5.41 Å². The number of rotatable bonds is 21. The average Bonchev–Trinajstić information content (AvgIpc) is 2.89. The van der Waals surface area contributed by atoms with Crippen LogP contribution in [0.5, 0.6) is 0 Å². The molecule has 16 heteroatoms. The van der Waals surface area contributed by atoms with Gasteiger partial charge in [-0.15, -0.1) is 0 Å². The smallest absolute Gasteiger partial charge is 0.334 e. The first kappa shape index (κ1) is 37.8. The Morgan fingerprint density at radius 1 is 0.643 bits per heavy atom. The van der Waals surface area contributed by atoms with Gasteiger partial charge < -0.3 is 39.7 Å². The summed E-state index contributed by atoms with van der Waals surface area (Å²) in [5.41, 5.74) is -8.43. The summed E-state index contributed by atoms with van der Waals surface area (Å²) < 4.78 is 13.7. The van der Waals surface area contributed by atoms with E-state index in [1.54, 1.807) is 0 Å². The Kier molecular flexibility index (Phi) is 15.2. The highest BCUT2D eigenvalue weighted by atomic mass is 16.5. The third-order valence-electron chi connectivity index (χ3n) is 7.37. The molecule has 0 aromatic carbocycles. The maximum Gasteiger partial charge on any atom is 0.334 e. The Balaban J connectivity index is 7.74. The number of ether oxygens (including phenoxy) is 3. The van der Waals surface area contributed by atoms with Crippen molar-refractivity contribution in [2.24, 2.45) is 28.6 Å². The van der Waals surface area contributed by atoms with E-state index in [1.807, 2.05) is 6.92 Å². The van der Waals surface area contributed by atoms with Gasteiger partial charge in [-0.3, -0.25) is 38.4 Å². The van der Waals surface area contributed by atoms with Crippen LogP contribution in [0.1, 0.15) is 64.7 Å². The van der Waals surface area contributed by atoms with Gasteiger partial charge in [0, 0.05) is 12.8 Å². The number of unbranched alkanes of at least 4 members (excludes halogenated alkanes) is 3. The predicted molar refractivity (Wildman–Crippen MR) is 137 cm³/mol. The van der Waals surface area contributed by atoms with E-state index in [9.17, 15) is 63.9 Å². The van der Waals surface area contributed by atoms with Crippen molar-refractivity contribution in [2.45, 2.75) is 64.7 Å². The number of hydrogen-bond acceptors (Lipinski definition) is 11. The molecule has 0 fully saturated rings. The van der Waals surface area contributed by atoms with Gasteiger partial charge in [0.05, 0.1) is 33.7 Å². The normalized spacial score (nSPS) is 14.8. The summed E-state index contributed by atoms with van der Waals surface area (Å²) in [5, 5.41) is 50.6. The van der Waals surface area contributed by atoms with Gasteiger partial charge in [-0.2, -0.15) is 0 Å². The first-order valence-corrected chi connectivity index (χ1v) is 12.9. The van der Waals surface area contributed by atoms with Crippen LogP contribution in [-0.2, 0) is 52.6 Å². The van der Waals surface area contributed by atoms with Gasteiger partial charge in [0.2, 0.25) is 0 Å². The Bertz CT molecular complexity index is 997. The highest BCUT2D eigenvalue weighted by molar-refractivity contribution is 6.21. The maximum atomic E-state index is 12.9. The molecule has 0 aliphatic carbocycles. The monoisotopic (exact) mass is 606 g/mol. The second-order valence-electron chi connectivity index (χ2n) is 9.78. The molecule has 0 saturated heterocycles. The molecular formula is C26H38O16. The molecule has 0 aliphatic rings. The molecule has 5 N–H and O–H groups in total. The molecule has 238 valence electrons. The van der Waals surface area contributed by atoms with Gasteiger partial charge in [0.25, 0.3) is 5.41 Å². The molecule has 16 nitrogen and oxygen atoms in total. The van der Waals surface area contributed by atoms with Gasteiger partial charge in [0.15, 0.2) is 0 Å². The van der Waals surface area contributed by atoms with Gasteiger partial charge >= 0.3 is 47.8 Å². The number of aliphatic carboxylic acids is 5. The molecular weight excluding hydrogens is 568 g/mol. The lowest BCUT2D eigenvalue weighted by Crippen LogP contribution is -2.67. The summed E-state index contributed by atoms with van der Waals surface area (Å²) in [5.74, 6) is -22.2. The van der Waals surface area contributed by atoms with Crippen molar-refractivity contribution in [2.75, 3.05) is 21.3 Å². The second-order valence-corrected chi connectivity index (χ2v) is 9.78. The minimum atomic E-state index is -4.47. The topological polar surface area (TPSA) is 265 Å². The zero-order valence-corrected chi connectivity index (χ0v) is 23.8. The minimum Gasteiger partial charge on any atom is -0.481 e. The largest absolute Gasteiger partial charge is 0.481 e. The molecule has 0 rings (SSSR count). The molecule has 0 aromatic heterocycles. The molecule has 0 saturated carbocycles. The van der Waals surface area contributed by atoms with Crippen LogP contribution in [-0.4, -0.2) is 94.6 Å². The lowest BCUT2D eigenvalue weighted by Gasteiger charge is -2.45. The standard InChI is InChI=1S/C26H38O16/c1-5-6-7-8-9-14(11-16(27)40-2)10-15(12-17(28)41-3)19(20(30)31)25(21(32)33,13-18(29)42-4)26(22(34)35,23(36)37)24(38)39/h14-15,19H,5-13H2,1-4H3,(H,30,31)(H,32,33)(H,34,35)(H,36,37)(H,38,39). The average molecular weight is 607 g/mol. The molecule has 42 heavy (non-hydrogen) atoms. The fourth-order valence-corrected chi connectivity index (χ4v) is 5.35. The number of methoxy groups -OCH3 is 3. The summed E-state index contributed by atoms with van der Waals surface area (Å²) in [6.07, 6.45) is -0.643. The van der Waals surface area contributed by atoms with Crippen LogP contribution < -0.4 is 0 Å². The summed E-state index contributed by atoms with van der Waals surface area (Å²) >= 11 is 0. The van der Waals surface area contributed by atoms with Crippen LogP contribution in [0.25, 0.3) is 0 Å². The van der Waals surface area contributed by atoms with Gasteiger partial charge in [-0.25, -0.2) is 0 Å². The number of esters is 3. The molecule has 0 spiro atoms. The van der Waals surface area contributed by atoms with Crippen molar-refractivity contribution in [3.63, 3.8) is 0 Å². The molecule has 4 atom stereocenters. The Hall–Kier alpha value is -4.24. The second kappa shape index (κ2) is 16.9. The Labute approximate surface area is 240 Å². The molecule has 0 aliphatic heterocycles. The van der Waals surface area contributed by atoms with E-state index in [4.69, 9.17) is 0 Å². The molecule has 0 heterocycles. The minimum absolute atomic E-state index is 0.220. The lowest BCUT2D eigenvalue weighted by molar-refractivity contribution is -0.207. The quantitative estimate of drug-likeness (QED) is 0.0533. The van der Waals surface area contributed by atoms with Crippen molar-refractivity contribution in [3.8, 4) is 0 Å². The van der Waals surface area contributed by atoms with Gasteiger partial charge in [-0.1, -0.05) is 32.6 Å². The predicted octanol–water partition coefficient (Wildman–Crippen LogP) is 1.28. The molecule has 4 unspecified atom stereocenters. The molecule has 0 radical (unpaired) electrons. The van der Waals surface area contributed by atoms with E-state index in [2.05, 4.69) is 14.2 Å². The van der Waals surface area contributed by atoms with Crippen molar-refractivity contribution < 1.29 is 78.1 Å². The van der Waals surface area contributed by atoms with Crippen LogP contribution in [0.4, 0.5) is 0 Å². The van der Waals surface area contributed by atoms with Crippen LogP contribution >= 0.6 is 0 Å². The number of carboxylic acids is 5. The van der Waals surface area contributed by atoms with E-state index in [1.165, 1.54) is 0 Å². The van der Waals surface area contributed by atoms with Crippen LogP contribution in [0.3, 0.4) is 0 Å². The summed E-state index contributed by atoms with van der Waals surface area (Å²) in [6.45, 7) is 1.93. The summed E-state index contributed by atoms with van der Waals surface area (Å²) in [6, 6.07) is 0. The highest BCUT2D eigenvalue weighted by Crippen LogP contribution is 2.54. The zero-order chi connectivity index (χ0) is 32.8. The van der Waals surface area contributed by atoms with E-state index in [-0.39, 0.29) is 12.8 Å². The summed E-state index contributed by atoms with van der Waals surface area (Å²) in [4.78, 5) is 100. The third-order valence-corrected chi connectivity index (χ3v) is 7.37. The first-order valence-electron chi connectivity index (χ1n) is 12.9. The summed E-state index contributed by atoms with van der Waals surface area (Å²) in [7, 11) is 2.68. The van der Waals surface area contributed by atoms with Crippen molar-refractivity contribution >= 4 is 47.8 Å². The van der Waals surface area contributed by atoms with E-state index in [0.717, 1.165) is 27.1 Å². The number of hydrogen-bond donors (Lipinski definition) is 5. The number of carbonyl (C=O) groups is 8. The third kappa shape index (κ3) is 8.39. The zero-order valence-electron chi connectivity index (χ0n) is 23.8. The Morgan fingerprint density at radius 2 is 1.12 bits per heavy atom. The van der Waals surface area contributed by atoms with Gasteiger partial charge in [-0.05, 0) is 24.7 Å².